The van der Waals surface area contributed by atoms with Crippen LogP contribution < -0.4 is 10.6 Å². The standard InChI is InChI=1S/C7H13N5/c1-3-8-6-10-5-11-7(12-6)9-4-2/h5H,3-4H2,1-2H3,(H2,8,9,10,11,12). The van der Waals surface area contributed by atoms with Crippen LogP contribution in [0.4, 0.5) is 11.9 Å². The largest absolute Gasteiger partial charge is 0.354 e. The number of aromatic nitrogens is 3. The highest BCUT2D eigenvalue weighted by molar-refractivity contribution is 5.31. The van der Waals surface area contributed by atoms with Gasteiger partial charge in [0.25, 0.3) is 0 Å². The van der Waals surface area contributed by atoms with Gasteiger partial charge in [-0.3, -0.25) is 0 Å². The Labute approximate surface area is 71.6 Å². The minimum Gasteiger partial charge on any atom is -0.354 e. The van der Waals surface area contributed by atoms with E-state index in [4.69, 9.17) is 0 Å². The quantitative estimate of drug-likeness (QED) is 0.692. The van der Waals surface area contributed by atoms with Crippen molar-refractivity contribution >= 4 is 11.9 Å². The monoisotopic (exact) mass is 167 g/mol. The average molecular weight is 167 g/mol. The van der Waals surface area contributed by atoms with Crippen molar-refractivity contribution < 1.29 is 0 Å². The lowest BCUT2D eigenvalue weighted by Gasteiger charge is -2.03. The summed E-state index contributed by atoms with van der Waals surface area (Å²) >= 11 is 0. The van der Waals surface area contributed by atoms with Crippen molar-refractivity contribution in [2.24, 2.45) is 0 Å². The zero-order valence-corrected chi connectivity index (χ0v) is 7.33. The molecule has 0 saturated carbocycles. The van der Waals surface area contributed by atoms with Crippen molar-refractivity contribution in [3.05, 3.63) is 6.33 Å². The SMILES string of the molecule is CCNc1ncnc(NCC)n1. The summed E-state index contributed by atoms with van der Waals surface area (Å²) in [6.45, 7) is 5.62. The van der Waals surface area contributed by atoms with Gasteiger partial charge in [0.1, 0.15) is 6.33 Å². The molecule has 0 unspecified atom stereocenters. The lowest BCUT2D eigenvalue weighted by molar-refractivity contribution is 0.998. The van der Waals surface area contributed by atoms with E-state index in [1.54, 1.807) is 0 Å². The number of nitrogens with one attached hydrogen (secondary N) is 2. The number of rotatable bonds is 4. The molecular weight excluding hydrogens is 154 g/mol. The van der Waals surface area contributed by atoms with Gasteiger partial charge in [0.05, 0.1) is 0 Å². The fraction of sp³-hybridized carbons (Fsp3) is 0.571. The van der Waals surface area contributed by atoms with Gasteiger partial charge in [-0.15, -0.1) is 0 Å². The third-order valence-electron chi connectivity index (χ3n) is 1.24. The van der Waals surface area contributed by atoms with E-state index in [-0.39, 0.29) is 0 Å². The van der Waals surface area contributed by atoms with Crippen molar-refractivity contribution in [2.75, 3.05) is 23.7 Å². The summed E-state index contributed by atoms with van der Waals surface area (Å²) in [4.78, 5) is 12.0. The Bertz CT molecular complexity index is 216. The molecule has 0 fully saturated rings. The lowest BCUT2D eigenvalue weighted by atomic mass is 10.7. The number of nitrogens with zero attached hydrogens (tertiary/aromatic N) is 3. The van der Waals surface area contributed by atoms with Crippen molar-refractivity contribution in [1.82, 2.24) is 15.0 Å². The molecule has 0 atom stereocenters. The molecule has 0 aliphatic rings. The summed E-state index contributed by atoms with van der Waals surface area (Å²) < 4.78 is 0. The van der Waals surface area contributed by atoms with Gasteiger partial charge in [-0.1, -0.05) is 0 Å². The van der Waals surface area contributed by atoms with Gasteiger partial charge < -0.3 is 10.6 Å². The fourth-order valence-corrected chi connectivity index (χ4v) is 0.783. The maximum absolute atomic E-state index is 4.11. The van der Waals surface area contributed by atoms with Crippen LogP contribution >= 0.6 is 0 Å². The molecule has 1 aromatic heterocycles. The predicted molar refractivity (Wildman–Crippen MR) is 48.2 cm³/mol. The summed E-state index contributed by atoms with van der Waals surface area (Å²) in [5.74, 6) is 1.23. The molecule has 5 nitrogen and oxygen atoms in total. The first-order valence-corrected chi connectivity index (χ1v) is 4.03. The summed E-state index contributed by atoms with van der Waals surface area (Å²) in [6.07, 6.45) is 1.49. The molecule has 66 valence electrons. The lowest BCUT2D eigenvalue weighted by Crippen LogP contribution is -2.07. The van der Waals surface area contributed by atoms with Crippen molar-refractivity contribution in [1.29, 1.82) is 0 Å². The Morgan fingerprint density at radius 2 is 1.58 bits per heavy atom. The third-order valence-corrected chi connectivity index (χ3v) is 1.24. The van der Waals surface area contributed by atoms with Gasteiger partial charge >= 0.3 is 0 Å². The molecule has 1 aromatic rings. The molecule has 0 aliphatic heterocycles. The van der Waals surface area contributed by atoms with Crippen LogP contribution in [0.3, 0.4) is 0 Å². The maximum atomic E-state index is 4.11. The normalized spacial score (nSPS) is 9.50. The average Bonchev–Trinajstić information content (AvgIpc) is 2.06. The van der Waals surface area contributed by atoms with Crippen LogP contribution in [0.1, 0.15) is 13.8 Å². The predicted octanol–water partition coefficient (Wildman–Crippen LogP) is 0.735. The molecule has 0 aliphatic carbocycles. The zero-order valence-electron chi connectivity index (χ0n) is 7.33. The number of hydrogen-bond donors (Lipinski definition) is 2. The topological polar surface area (TPSA) is 62.7 Å². The molecule has 1 rings (SSSR count). The van der Waals surface area contributed by atoms with E-state index in [9.17, 15) is 0 Å². The molecule has 5 heteroatoms. The second-order valence-corrected chi connectivity index (χ2v) is 2.19. The van der Waals surface area contributed by atoms with E-state index in [1.807, 2.05) is 13.8 Å². The van der Waals surface area contributed by atoms with Gasteiger partial charge in [-0.25, -0.2) is 9.97 Å². The van der Waals surface area contributed by atoms with E-state index < -0.39 is 0 Å². The third kappa shape index (κ3) is 2.34. The summed E-state index contributed by atoms with van der Waals surface area (Å²) in [5.41, 5.74) is 0. The highest BCUT2D eigenvalue weighted by atomic mass is 15.2. The molecule has 0 aromatic carbocycles. The minimum atomic E-state index is 0.614. The summed E-state index contributed by atoms with van der Waals surface area (Å²) in [7, 11) is 0. The van der Waals surface area contributed by atoms with Crippen LogP contribution in [0.15, 0.2) is 6.33 Å². The van der Waals surface area contributed by atoms with Gasteiger partial charge in [0.2, 0.25) is 11.9 Å². The summed E-state index contributed by atoms with van der Waals surface area (Å²) in [5, 5.41) is 6.01. The van der Waals surface area contributed by atoms with Gasteiger partial charge in [0, 0.05) is 13.1 Å². The molecule has 12 heavy (non-hydrogen) atoms. The van der Waals surface area contributed by atoms with E-state index >= 15 is 0 Å². The Kier molecular flexibility index (Phi) is 3.25. The van der Waals surface area contributed by atoms with Crippen LogP contribution in [-0.2, 0) is 0 Å². The second kappa shape index (κ2) is 4.48. The van der Waals surface area contributed by atoms with E-state index in [2.05, 4.69) is 25.6 Å². The molecule has 0 amide bonds. The van der Waals surface area contributed by atoms with Crippen LogP contribution in [0.5, 0.6) is 0 Å². The van der Waals surface area contributed by atoms with E-state index in [0.717, 1.165) is 13.1 Å². The molecule has 0 saturated heterocycles. The molecule has 0 bridgehead atoms. The molecule has 0 radical (unpaired) electrons. The highest BCUT2D eigenvalue weighted by Crippen LogP contribution is 1.99. The Morgan fingerprint density at radius 1 is 1.08 bits per heavy atom. The molecule has 1 heterocycles. The first-order valence-electron chi connectivity index (χ1n) is 4.03. The summed E-state index contributed by atoms with van der Waals surface area (Å²) in [6, 6.07) is 0. The first-order chi connectivity index (χ1) is 5.86. The number of anilines is 2. The van der Waals surface area contributed by atoms with Crippen molar-refractivity contribution in [2.45, 2.75) is 13.8 Å². The molecule has 2 N–H and O–H groups in total. The maximum Gasteiger partial charge on any atom is 0.227 e. The van der Waals surface area contributed by atoms with Gasteiger partial charge in [0.15, 0.2) is 0 Å². The fourth-order valence-electron chi connectivity index (χ4n) is 0.783. The zero-order chi connectivity index (χ0) is 8.81. The van der Waals surface area contributed by atoms with E-state index in [0.29, 0.717) is 11.9 Å². The Morgan fingerprint density at radius 3 is 2.00 bits per heavy atom. The Balaban J connectivity index is 2.67. The number of hydrogen-bond acceptors (Lipinski definition) is 5. The van der Waals surface area contributed by atoms with Crippen LogP contribution in [0.25, 0.3) is 0 Å². The van der Waals surface area contributed by atoms with Crippen LogP contribution in [-0.4, -0.2) is 28.0 Å². The first kappa shape index (κ1) is 8.70. The van der Waals surface area contributed by atoms with E-state index in [1.165, 1.54) is 6.33 Å². The Hall–Kier alpha value is -1.39. The van der Waals surface area contributed by atoms with Crippen LogP contribution in [0, 0.1) is 0 Å². The van der Waals surface area contributed by atoms with Crippen molar-refractivity contribution in [3.63, 3.8) is 0 Å². The smallest absolute Gasteiger partial charge is 0.227 e. The second-order valence-electron chi connectivity index (χ2n) is 2.19. The van der Waals surface area contributed by atoms with Crippen molar-refractivity contribution in [3.8, 4) is 0 Å². The molecule has 0 spiro atoms. The van der Waals surface area contributed by atoms with Crippen LogP contribution in [0.2, 0.25) is 0 Å². The molecular formula is C7H13N5. The van der Waals surface area contributed by atoms with Gasteiger partial charge in [-0.2, -0.15) is 4.98 Å². The highest BCUT2D eigenvalue weighted by Gasteiger charge is 1.95. The van der Waals surface area contributed by atoms with Gasteiger partial charge in [-0.05, 0) is 13.8 Å². The minimum absolute atomic E-state index is 0.614.